The van der Waals surface area contributed by atoms with Gasteiger partial charge in [-0.2, -0.15) is 0 Å². The maximum atomic E-state index is 6.69. The molecule has 0 radical (unpaired) electrons. The van der Waals surface area contributed by atoms with E-state index < -0.39 is 11.0 Å². The average molecular weight is 593 g/mol. The number of fused-ring (bicyclic) bond motifs is 10. The lowest BCUT2D eigenvalue weighted by Crippen LogP contribution is -2.24. The fourth-order valence-electron chi connectivity index (χ4n) is 5.91. The summed E-state index contributed by atoms with van der Waals surface area (Å²) >= 11 is 0. The second kappa shape index (κ2) is 9.68. The third kappa shape index (κ3) is 4.24. The first kappa shape index (κ1) is 26.9. The molecule has 1 aliphatic heterocycles. The lowest BCUT2D eigenvalue weighted by atomic mass is 9.87. The molecular formula is C35H28N8O2. The van der Waals surface area contributed by atoms with Crippen LogP contribution in [0.4, 0.5) is 0 Å². The van der Waals surface area contributed by atoms with Crippen molar-refractivity contribution >= 4 is 0 Å². The summed E-state index contributed by atoms with van der Waals surface area (Å²) in [5.74, 6) is 1.90. The first-order chi connectivity index (χ1) is 21.7. The Hall–Kier alpha value is -5.64. The SMILES string of the molecule is CC(C)(C)c1nc2c(nc1-c1cccc3c1Oc1ccccc1C(C)(C)O3)-c1nccnc1-c1nccnc1-c1nccnc1-2. The van der Waals surface area contributed by atoms with Crippen molar-refractivity contribution in [2.24, 2.45) is 0 Å². The maximum absolute atomic E-state index is 6.69. The van der Waals surface area contributed by atoms with E-state index in [1.165, 1.54) is 0 Å². The van der Waals surface area contributed by atoms with Gasteiger partial charge in [-0.05, 0) is 32.0 Å². The quantitative estimate of drug-likeness (QED) is 0.193. The molecule has 0 N–H and O–H groups in total. The summed E-state index contributed by atoms with van der Waals surface area (Å²) in [6, 6.07) is 13.8. The van der Waals surface area contributed by atoms with E-state index in [1.807, 2.05) is 56.3 Å². The van der Waals surface area contributed by atoms with Gasteiger partial charge in [0, 0.05) is 53.7 Å². The number of benzene rings is 2. The highest BCUT2D eigenvalue weighted by Gasteiger charge is 2.36. The van der Waals surface area contributed by atoms with Gasteiger partial charge in [0.1, 0.15) is 56.9 Å². The van der Waals surface area contributed by atoms with E-state index in [-0.39, 0.29) is 0 Å². The number of ether oxygens (including phenoxy) is 2. The van der Waals surface area contributed by atoms with E-state index in [0.717, 1.165) is 22.6 Å². The van der Waals surface area contributed by atoms with Gasteiger partial charge in [0.2, 0.25) is 0 Å². The Kier molecular flexibility index (Phi) is 5.80. The van der Waals surface area contributed by atoms with Crippen LogP contribution >= 0.6 is 0 Å². The van der Waals surface area contributed by atoms with Crippen LogP contribution in [-0.2, 0) is 11.0 Å². The lowest BCUT2D eigenvalue weighted by Gasteiger charge is -2.26. The van der Waals surface area contributed by atoms with Crippen molar-refractivity contribution in [1.29, 1.82) is 0 Å². The van der Waals surface area contributed by atoms with Crippen LogP contribution < -0.4 is 9.47 Å². The van der Waals surface area contributed by atoms with Crippen molar-refractivity contribution < 1.29 is 9.47 Å². The van der Waals surface area contributed by atoms with Crippen molar-refractivity contribution in [3.63, 3.8) is 0 Å². The van der Waals surface area contributed by atoms with E-state index in [9.17, 15) is 0 Å². The Morgan fingerprint density at radius 2 is 1.02 bits per heavy atom. The van der Waals surface area contributed by atoms with E-state index in [2.05, 4.69) is 30.7 Å². The average Bonchev–Trinajstić information content (AvgIpc) is 3.16. The Morgan fingerprint density at radius 1 is 0.533 bits per heavy atom. The van der Waals surface area contributed by atoms with Crippen LogP contribution in [0.1, 0.15) is 45.9 Å². The van der Waals surface area contributed by atoms with Gasteiger partial charge in [-0.25, -0.2) is 9.97 Å². The van der Waals surface area contributed by atoms with Gasteiger partial charge in [0.05, 0.1) is 11.4 Å². The molecule has 0 atom stereocenters. The van der Waals surface area contributed by atoms with Crippen molar-refractivity contribution in [1.82, 2.24) is 39.9 Å². The first-order valence-corrected chi connectivity index (χ1v) is 14.7. The molecule has 5 heterocycles. The largest absolute Gasteiger partial charge is 0.479 e. The highest BCUT2D eigenvalue weighted by molar-refractivity contribution is 5.94. The van der Waals surface area contributed by atoms with Gasteiger partial charge in [-0.1, -0.05) is 45.0 Å². The topological polar surface area (TPSA) is 122 Å². The smallest absolute Gasteiger partial charge is 0.178 e. The maximum Gasteiger partial charge on any atom is 0.178 e. The molecule has 2 aliphatic rings. The predicted octanol–water partition coefficient (Wildman–Crippen LogP) is 7.21. The standard InChI is InChI=1S/C35H28N8O2/c1-34(2,3)33-23(19-9-8-12-22-32(19)44-21-11-7-6-10-20(21)35(4,5)45-22)42-30-28-26(38-15-17-40-28)24-25(37-14-13-36-24)27-29(31(30)43-33)41-18-16-39-27/h6-18H,1-5H3. The normalized spacial score (nSPS) is 14.0. The Morgan fingerprint density at radius 3 is 1.58 bits per heavy atom. The summed E-state index contributed by atoms with van der Waals surface area (Å²) < 4.78 is 13.3. The number of hydrogen-bond acceptors (Lipinski definition) is 10. The van der Waals surface area contributed by atoms with Gasteiger partial charge >= 0.3 is 0 Å². The zero-order chi connectivity index (χ0) is 30.9. The highest BCUT2D eigenvalue weighted by atomic mass is 16.5. The number of para-hydroxylation sites is 2. The van der Waals surface area contributed by atoms with Crippen LogP contribution in [-0.4, -0.2) is 39.9 Å². The molecule has 0 saturated carbocycles. The minimum atomic E-state index is -0.629. The molecule has 10 nitrogen and oxygen atoms in total. The lowest BCUT2D eigenvalue weighted by molar-refractivity contribution is 0.111. The number of nitrogens with zero attached hydrogens (tertiary/aromatic N) is 8. The summed E-state index contributed by atoms with van der Waals surface area (Å²) in [4.78, 5) is 39.0. The Labute approximate surface area is 259 Å². The molecule has 220 valence electrons. The molecule has 0 saturated heterocycles. The van der Waals surface area contributed by atoms with Crippen LogP contribution in [0.2, 0.25) is 0 Å². The van der Waals surface area contributed by atoms with E-state index >= 15 is 0 Å². The number of rotatable bonds is 1. The van der Waals surface area contributed by atoms with Gasteiger partial charge in [-0.3, -0.25) is 29.9 Å². The molecule has 0 unspecified atom stereocenters. The molecule has 0 fully saturated rings. The molecule has 45 heavy (non-hydrogen) atoms. The van der Waals surface area contributed by atoms with E-state index in [4.69, 9.17) is 39.4 Å². The van der Waals surface area contributed by atoms with Gasteiger partial charge in [-0.15, -0.1) is 0 Å². The monoisotopic (exact) mass is 592 g/mol. The molecule has 8 rings (SSSR count). The predicted molar refractivity (Wildman–Crippen MR) is 168 cm³/mol. The molecule has 2 aromatic carbocycles. The van der Waals surface area contributed by atoms with Gasteiger partial charge in [0.15, 0.2) is 11.5 Å². The summed E-state index contributed by atoms with van der Waals surface area (Å²) in [6.45, 7) is 10.4. The molecular weight excluding hydrogens is 564 g/mol. The zero-order valence-corrected chi connectivity index (χ0v) is 25.4. The number of aromatic nitrogens is 8. The van der Waals surface area contributed by atoms with Crippen molar-refractivity contribution in [3.8, 4) is 74.1 Å². The van der Waals surface area contributed by atoms with Crippen molar-refractivity contribution in [2.75, 3.05) is 0 Å². The number of hydrogen-bond donors (Lipinski definition) is 0. The molecule has 0 bridgehead atoms. The third-order valence-electron chi connectivity index (χ3n) is 7.95. The molecule has 0 amide bonds. The minimum Gasteiger partial charge on any atom is -0.479 e. The molecule has 4 aromatic heterocycles. The van der Waals surface area contributed by atoms with Crippen molar-refractivity contribution in [2.45, 2.75) is 45.6 Å². The second-order valence-corrected chi connectivity index (χ2v) is 12.5. The Bertz CT molecular complexity index is 2160. The molecule has 6 aromatic rings. The van der Waals surface area contributed by atoms with Crippen LogP contribution in [0.5, 0.6) is 17.2 Å². The van der Waals surface area contributed by atoms with Crippen molar-refractivity contribution in [3.05, 3.63) is 90.9 Å². The summed E-state index contributed by atoms with van der Waals surface area (Å²) in [6.07, 6.45) is 9.82. The van der Waals surface area contributed by atoms with Crippen LogP contribution in [0.25, 0.3) is 56.8 Å². The van der Waals surface area contributed by atoms with Gasteiger partial charge < -0.3 is 9.47 Å². The van der Waals surface area contributed by atoms with Crippen LogP contribution in [0, 0.1) is 0 Å². The summed E-state index contributed by atoms with van der Waals surface area (Å²) in [7, 11) is 0. The molecule has 10 heteroatoms. The molecule has 1 aliphatic carbocycles. The third-order valence-corrected chi connectivity index (χ3v) is 7.95. The minimum absolute atomic E-state index is 0.434. The van der Waals surface area contributed by atoms with E-state index in [1.54, 1.807) is 37.2 Å². The summed E-state index contributed by atoms with van der Waals surface area (Å²) in [5.41, 5.74) is 6.29. The second-order valence-electron chi connectivity index (χ2n) is 12.5. The fraction of sp³-hybridized carbons (Fsp3) is 0.200. The fourth-order valence-corrected chi connectivity index (χ4v) is 5.91. The first-order valence-electron chi connectivity index (χ1n) is 14.7. The van der Waals surface area contributed by atoms with Crippen LogP contribution in [0.3, 0.4) is 0 Å². The zero-order valence-electron chi connectivity index (χ0n) is 25.4. The van der Waals surface area contributed by atoms with E-state index in [0.29, 0.717) is 62.7 Å². The Balaban J connectivity index is 1.46. The summed E-state index contributed by atoms with van der Waals surface area (Å²) in [5, 5.41) is 0. The van der Waals surface area contributed by atoms with Gasteiger partial charge in [0.25, 0.3) is 0 Å². The highest BCUT2D eigenvalue weighted by Crippen LogP contribution is 2.50. The van der Waals surface area contributed by atoms with Crippen LogP contribution in [0.15, 0.2) is 79.6 Å². The molecule has 0 spiro atoms.